The van der Waals surface area contributed by atoms with Crippen molar-refractivity contribution in [3.05, 3.63) is 60.7 Å². The van der Waals surface area contributed by atoms with Crippen LogP contribution in [0.15, 0.2) is 60.7 Å². The molecule has 4 heteroatoms. The molecule has 0 aromatic heterocycles. The average molecular weight is 453 g/mol. The van der Waals surface area contributed by atoms with Gasteiger partial charge in [-0.15, -0.1) is 0 Å². The summed E-state index contributed by atoms with van der Waals surface area (Å²) in [6.07, 6.45) is 8.48. The molecule has 0 amide bonds. The molecule has 0 saturated heterocycles. The van der Waals surface area contributed by atoms with E-state index in [1.807, 2.05) is 81.4 Å². The van der Waals surface area contributed by atoms with Crippen molar-refractivity contribution >= 4 is 23.7 Å². The van der Waals surface area contributed by atoms with Crippen LogP contribution in [0, 0.1) is 17.0 Å². The Bertz CT molecular complexity index is 874. The lowest BCUT2D eigenvalue weighted by molar-refractivity contribution is -0.153. The van der Waals surface area contributed by atoms with Gasteiger partial charge in [0.25, 0.3) is 0 Å². The van der Waals surface area contributed by atoms with Gasteiger partial charge in [-0.3, -0.25) is 9.36 Å². The molecule has 0 bridgehead atoms. The van der Waals surface area contributed by atoms with E-state index in [1.54, 1.807) is 0 Å². The van der Waals surface area contributed by atoms with E-state index in [9.17, 15) is 9.36 Å². The van der Waals surface area contributed by atoms with Gasteiger partial charge < -0.3 is 4.74 Å². The van der Waals surface area contributed by atoms with Crippen LogP contribution in [0.1, 0.15) is 72.1 Å². The summed E-state index contributed by atoms with van der Waals surface area (Å²) in [5.41, 5.74) is 2.72. The van der Waals surface area contributed by atoms with Crippen LogP contribution in [0.25, 0.3) is 0 Å². The number of ether oxygens (including phenoxy) is 1. The fourth-order valence-electron chi connectivity index (χ4n) is 3.30. The minimum atomic E-state index is -2.92. The minimum absolute atomic E-state index is 0.123. The summed E-state index contributed by atoms with van der Waals surface area (Å²) in [6.45, 7) is 6.15. The maximum Gasteiger partial charge on any atom is 0.311 e. The van der Waals surface area contributed by atoms with Crippen molar-refractivity contribution < 1.29 is 14.1 Å². The summed E-state index contributed by atoms with van der Waals surface area (Å²) in [7, 11) is -2.92. The van der Waals surface area contributed by atoms with E-state index in [0.717, 1.165) is 49.1 Å². The quantitative estimate of drug-likeness (QED) is 0.165. The van der Waals surface area contributed by atoms with Crippen molar-refractivity contribution in [1.82, 2.24) is 0 Å². The number of carbonyl (C=O) groups is 1. The molecular weight excluding hydrogens is 415 g/mol. The van der Waals surface area contributed by atoms with Gasteiger partial charge in [0.05, 0.1) is 12.0 Å². The van der Waals surface area contributed by atoms with Crippen LogP contribution in [0.3, 0.4) is 0 Å². The molecule has 172 valence electrons. The lowest BCUT2D eigenvalue weighted by Crippen LogP contribution is -2.23. The smallest absolute Gasteiger partial charge is 0.311 e. The fraction of sp³-hybridized carbons (Fsp3) is 0.464. The van der Waals surface area contributed by atoms with E-state index in [-0.39, 0.29) is 5.97 Å². The first-order valence-electron chi connectivity index (χ1n) is 11.7. The predicted molar refractivity (Wildman–Crippen MR) is 135 cm³/mol. The molecule has 32 heavy (non-hydrogen) atoms. The molecule has 2 aromatic rings. The Kier molecular flexibility index (Phi) is 10.8. The van der Waals surface area contributed by atoms with Crippen molar-refractivity contribution in [2.24, 2.45) is 5.41 Å². The van der Waals surface area contributed by atoms with Crippen molar-refractivity contribution in [1.29, 1.82) is 0 Å². The molecule has 0 fully saturated rings. The Morgan fingerprint density at radius 2 is 1.25 bits per heavy atom. The summed E-state index contributed by atoms with van der Waals surface area (Å²) in [4.78, 5) is 11.7. The standard InChI is InChI=1S/C28H37O3P/c1-28(2,3)27(29)31-23-17-9-7-5-4-6-8-10-18-24-32(30,25-19-13-11-14-20-25)26-21-15-12-16-22-26/h11-16,19-22H,4-10,17,23H2,1-3H3. The van der Waals surface area contributed by atoms with Crippen LogP contribution in [0.4, 0.5) is 0 Å². The maximum absolute atomic E-state index is 13.8. The molecule has 0 aliphatic heterocycles. The van der Waals surface area contributed by atoms with Crippen LogP contribution in [0.5, 0.6) is 0 Å². The summed E-state index contributed by atoms with van der Waals surface area (Å²) < 4.78 is 19.1. The Hall–Kier alpha value is -2.30. The van der Waals surface area contributed by atoms with E-state index in [1.165, 1.54) is 12.8 Å². The first-order valence-corrected chi connectivity index (χ1v) is 13.4. The number of hydrogen-bond acceptors (Lipinski definition) is 3. The summed E-state index contributed by atoms with van der Waals surface area (Å²) in [5, 5.41) is 1.60. The first kappa shape index (κ1) is 26.0. The second-order valence-corrected chi connectivity index (χ2v) is 11.7. The van der Waals surface area contributed by atoms with Crippen LogP contribution in [0.2, 0.25) is 0 Å². The lowest BCUT2D eigenvalue weighted by atomic mass is 9.97. The lowest BCUT2D eigenvalue weighted by Gasteiger charge is -2.16. The van der Waals surface area contributed by atoms with Gasteiger partial charge in [-0.2, -0.15) is 0 Å². The highest BCUT2D eigenvalue weighted by atomic mass is 31.2. The Labute approximate surface area is 194 Å². The van der Waals surface area contributed by atoms with E-state index in [2.05, 4.69) is 11.6 Å². The molecule has 0 N–H and O–H groups in total. The van der Waals surface area contributed by atoms with E-state index < -0.39 is 12.6 Å². The van der Waals surface area contributed by atoms with Gasteiger partial charge in [-0.1, -0.05) is 98.7 Å². The molecule has 0 unspecified atom stereocenters. The van der Waals surface area contributed by atoms with E-state index >= 15 is 0 Å². The maximum atomic E-state index is 13.8. The monoisotopic (exact) mass is 452 g/mol. The van der Waals surface area contributed by atoms with Crippen LogP contribution < -0.4 is 10.6 Å². The molecule has 0 spiro atoms. The highest BCUT2D eigenvalue weighted by molar-refractivity contribution is 7.83. The first-order chi connectivity index (χ1) is 15.3. The number of rotatable bonds is 11. The van der Waals surface area contributed by atoms with Gasteiger partial charge in [0.15, 0.2) is 0 Å². The van der Waals surface area contributed by atoms with Gasteiger partial charge in [-0.25, -0.2) is 0 Å². The van der Waals surface area contributed by atoms with Crippen LogP contribution >= 0.6 is 7.14 Å². The third kappa shape index (κ3) is 8.68. The Balaban J connectivity index is 1.68. The normalized spacial score (nSPS) is 11.5. The number of hydrogen-bond donors (Lipinski definition) is 0. The van der Waals surface area contributed by atoms with Gasteiger partial charge in [0, 0.05) is 17.0 Å². The van der Waals surface area contributed by atoms with Gasteiger partial charge in [0.1, 0.15) is 0 Å². The van der Waals surface area contributed by atoms with Gasteiger partial charge >= 0.3 is 5.97 Å². The highest BCUT2D eigenvalue weighted by Crippen LogP contribution is 2.41. The molecule has 3 nitrogen and oxygen atoms in total. The molecule has 2 rings (SSSR count). The van der Waals surface area contributed by atoms with Crippen molar-refractivity contribution in [3.63, 3.8) is 0 Å². The van der Waals surface area contributed by atoms with Crippen molar-refractivity contribution in [2.75, 3.05) is 6.61 Å². The summed E-state index contributed by atoms with van der Waals surface area (Å²) in [5.74, 6) is 3.08. The Morgan fingerprint density at radius 3 is 1.75 bits per heavy atom. The summed E-state index contributed by atoms with van der Waals surface area (Å²) >= 11 is 0. The molecule has 0 aliphatic carbocycles. The topological polar surface area (TPSA) is 43.4 Å². The van der Waals surface area contributed by atoms with E-state index in [4.69, 9.17) is 4.74 Å². The predicted octanol–water partition coefficient (Wildman–Crippen LogP) is 6.67. The molecule has 0 radical (unpaired) electrons. The summed E-state index contributed by atoms with van der Waals surface area (Å²) in [6, 6.07) is 19.2. The Morgan fingerprint density at radius 1 is 0.781 bits per heavy atom. The number of carbonyl (C=O) groups excluding carboxylic acids is 1. The van der Waals surface area contributed by atoms with Gasteiger partial charge in [-0.05, 0) is 39.3 Å². The molecule has 0 heterocycles. The zero-order valence-electron chi connectivity index (χ0n) is 19.8. The second-order valence-electron chi connectivity index (χ2n) is 9.18. The average Bonchev–Trinajstić information content (AvgIpc) is 2.80. The molecule has 0 atom stereocenters. The minimum Gasteiger partial charge on any atom is -0.465 e. The van der Waals surface area contributed by atoms with Gasteiger partial charge in [0.2, 0.25) is 7.14 Å². The molecule has 0 saturated carbocycles. The van der Waals surface area contributed by atoms with Crippen LogP contribution in [-0.2, 0) is 14.1 Å². The third-order valence-electron chi connectivity index (χ3n) is 5.27. The number of esters is 1. The fourth-order valence-corrected chi connectivity index (χ4v) is 5.38. The SMILES string of the molecule is CC(C)(C)C(=O)OCCCCCCCCCC#CP(=O)(c1ccccc1)c1ccccc1. The number of benzene rings is 2. The van der Waals surface area contributed by atoms with Crippen LogP contribution in [-0.4, -0.2) is 12.6 Å². The zero-order valence-corrected chi connectivity index (χ0v) is 20.7. The third-order valence-corrected chi connectivity index (χ3v) is 7.79. The second kappa shape index (κ2) is 13.3. The molecule has 0 aliphatic rings. The molecule has 2 aromatic carbocycles. The highest BCUT2D eigenvalue weighted by Gasteiger charge is 2.24. The molecular formula is C28H37O3P. The van der Waals surface area contributed by atoms with Crippen molar-refractivity contribution in [2.45, 2.75) is 72.1 Å². The zero-order chi connectivity index (χ0) is 23.3. The van der Waals surface area contributed by atoms with Crippen molar-refractivity contribution in [3.8, 4) is 11.6 Å². The van der Waals surface area contributed by atoms with E-state index in [0.29, 0.717) is 6.61 Å². The number of unbranched alkanes of at least 4 members (excludes halogenated alkanes) is 7. The largest absolute Gasteiger partial charge is 0.465 e.